The number of hydrogen-bond acceptors (Lipinski definition) is 6. The lowest BCUT2D eigenvalue weighted by Gasteiger charge is -2.30. The zero-order valence-corrected chi connectivity index (χ0v) is 16.1. The van der Waals surface area contributed by atoms with Crippen LogP contribution in [0, 0.1) is 11.6 Å². The third-order valence-electron chi connectivity index (χ3n) is 5.33. The molecular weight excluding hydrogens is 398 g/mol. The molecule has 1 saturated heterocycles. The Hall–Kier alpha value is -2.62. The Labute approximate surface area is 169 Å². The van der Waals surface area contributed by atoms with Crippen molar-refractivity contribution in [2.45, 2.75) is 25.0 Å². The van der Waals surface area contributed by atoms with Gasteiger partial charge in [0.1, 0.15) is 5.82 Å². The number of nitrogens with two attached hydrogens (primary N) is 1. The number of rotatable bonds is 3. The molecule has 1 aromatic carbocycles. The van der Waals surface area contributed by atoms with E-state index < -0.39 is 5.82 Å². The van der Waals surface area contributed by atoms with Crippen LogP contribution >= 0.6 is 11.3 Å². The van der Waals surface area contributed by atoms with Crippen LogP contribution in [-0.4, -0.2) is 36.2 Å². The fraction of sp³-hybridized carbons (Fsp3) is 0.300. The monoisotopic (exact) mass is 416 g/mol. The lowest BCUT2D eigenvalue weighted by atomic mass is 10.0. The molecule has 29 heavy (non-hydrogen) atoms. The summed E-state index contributed by atoms with van der Waals surface area (Å²) in [6.07, 6.45) is 0.633. The second-order valence-electron chi connectivity index (χ2n) is 7.23. The topological polar surface area (TPSA) is 89.3 Å². The highest BCUT2D eigenvalue weighted by Gasteiger charge is 2.32. The molecule has 0 saturated carbocycles. The summed E-state index contributed by atoms with van der Waals surface area (Å²) >= 11 is 1.32. The molecule has 0 bridgehead atoms. The molecule has 150 valence electrons. The first-order valence-corrected chi connectivity index (χ1v) is 10.1. The molecule has 4 N–H and O–H groups in total. The molecule has 2 atom stereocenters. The summed E-state index contributed by atoms with van der Waals surface area (Å²) in [7, 11) is 0. The molecule has 1 fully saturated rings. The average molecular weight is 416 g/mol. The van der Waals surface area contributed by atoms with Crippen LogP contribution in [0.25, 0.3) is 20.7 Å². The van der Waals surface area contributed by atoms with Crippen molar-refractivity contribution in [2.75, 3.05) is 18.5 Å². The summed E-state index contributed by atoms with van der Waals surface area (Å²) in [4.78, 5) is 17.6. The van der Waals surface area contributed by atoms with E-state index in [-0.39, 0.29) is 47.3 Å². The Kier molecular flexibility index (Phi) is 4.45. The Bertz CT molecular complexity index is 1130. The van der Waals surface area contributed by atoms with Gasteiger partial charge in [-0.2, -0.15) is 0 Å². The van der Waals surface area contributed by atoms with Crippen molar-refractivity contribution < 1.29 is 18.3 Å². The number of carbonyl (C=O) groups excluding carboxylic acids is 1. The minimum atomic E-state index is -0.548. The summed E-state index contributed by atoms with van der Waals surface area (Å²) in [6, 6.07) is 5.87. The summed E-state index contributed by atoms with van der Waals surface area (Å²) in [5.74, 6) is -1.18. The van der Waals surface area contributed by atoms with E-state index >= 15 is 4.39 Å². The van der Waals surface area contributed by atoms with Crippen LogP contribution in [-0.2, 0) is 11.3 Å². The first-order chi connectivity index (χ1) is 14.0. The van der Waals surface area contributed by atoms with E-state index in [1.165, 1.54) is 23.5 Å². The van der Waals surface area contributed by atoms with Crippen LogP contribution in [0.5, 0.6) is 0 Å². The van der Waals surface area contributed by atoms with Crippen LogP contribution in [0.15, 0.2) is 24.3 Å². The van der Waals surface area contributed by atoms with Gasteiger partial charge in [-0.15, -0.1) is 11.3 Å². The Morgan fingerprint density at radius 1 is 1.31 bits per heavy atom. The third kappa shape index (κ3) is 3.15. The maximum Gasteiger partial charge on any atom is 0.254 e. The van der Waals surface area contributed by atoms with Crippen molar-refractivity contribution in [3.63, 3.8) is 0 Å². The molecule has 0 radical (unpaired) electrons. The normalized spacial score (nSPS) is 21.3. The van der Waals surface area contributed by atoms with Gasteiger partial charge >= 0.3 is 0 Å². The zero-order chi connectivity index (χ0) is 20.1. The number of thiophene rings is 1. The first kappa shape index (κ1) is 18.4. The van der Waals surface area contributed by atoms with Gasteiger partial charge in [-0.3, -0.25) is 4.79 Å². The number of anilines is 1. The van der Waals surface area contributed by atoms with Crippen molar-refractivity contribution >= 4 is 33.1 Å². The molecule has 6 nitrogen and oxygen atoms in total. The maximum atomic E-state index is 15.1. The molecule has 4 heterocycles. The van der Waals surface area contributed by atoms with Crippen molar-refractivity contribution in [2.24, 2.45) is 5.73 Å². The van der Waals surface area contributed by atoms with Gasteiger partial charge in [0.05, 0.1) is 22.7 Å². The molecule has 0 spiro atoms. The van der Waals surface area contributed by atoms with E-state index in [0.29, 0.717) is 30.2 Å². The maximum absolute atomic E-state index is 15.1. The summed E-state index contributed by atoms with van der Waals surface area (Å²) in [6.45, 7) is 1.02. The molecule has 9 heteroatoms. The predicted molar refractivity (Wildman–Crippen MR) is 107 cm³/mol. The van der Waals surface area contributed by atoms with Gasteiger partial charge in [0.2, 0.25) is 0 Å². The molecule has 3 aromatic rings. The molecule has 2 aliphatic rings. The number of nitrogens with zero attached hydrogens (tertiary/aromatic N) is 1. The molecule has 2 aromatic heterocycles. The van der Waals surface area contributed by atoms with Gasteiger partial charge in [0, 0.05) is 35.5 Å². The van der Waals surface area contributed by atoms with Crippen LogP contribution in [0.3, 0.4) is 0 Å². The van der Waals surface area contributed by atoms with Crippen LogP contribution in [0.1, 0.15) is 22.3 Å². The number of halogens is 2. The molecular formula is C20H18F2N4O2S. The highest BCUT2D eigenvalue weighted by Crippen LogP contribution is 2.39. The van der Waals surface area contributed by atoms with E-state index in [2.05, 4.69) is 15.6 Å². The number of nitrogens with one attached hydrogen (secondary N) is 2. The molecule has 0 aliphatic carbocycles. The zero-order valence-electron chi connectivity index (χ0n) is 15.3. The van der Waals surface area contributed by atoms with Crippen molar-refractivity contribution in [1.29, 1.82) is 0 Å². The number of amides is 1. The average Bonchev–Trinajstić information content (AvgIpc) is 3.29. The summed E-state index contributed by atoms with van der Waals surface area (Å²) in [5.41, 5.74) is 7.00. The highest BCUT2D eigenvalue weighted by atomic mass is 32.1. The van der Waals surface area contributed by atoms with E-state index in [1.807, 2.05) is 6.07 Å². The fourth-order valence-corrected chi connectivity index (χ4v) is 4.87. The Morgan fingerprint density at radius 3 is 3.00 bits per heavy atom. The van der Waals surface area contributed by atoms with Gasteiger partial charge in [-0.05, 0) is 30.0 Å². The quantitative estimate of drug-likeness (QED) is 0.611. The van der Waals surface area contributed by atoms with Crippen molar-refractivity contribution in [3.05, 3.63) is 47.0 Å². The first-order valence-electron chi connectivity index (χ1n) is 9.31. The van der Waals surface area contributed by atoms with E-state index in [0.717, 1.165) is 10.1 Å². The standard InChI is InChI=1S/C20H18F2N4O2S/c21-10-2-1-9-5-15(29-14(9)6-10)18-16-11(7-24-20(16)27)17(22)19(26-18)25-13-3-4-28-8-12(13)23/h1-2,5-6,12-13H,3-4,7-8,23H2,(H,24,27)(H,25,26). The largest absolute Gasteiger partial charge is 0.380 e. The smallest absolute Gasteiger partial charge is 0.254 e. The lowest BCUT2D eigenvalue weighted by Crippen LogP contribution is -2.48. The Morgan fingerprint density at radius 2 is 2.17 bits per heavy atom. The van der Waals surface area contributed by atoms with E-state index in [4.69, 9.17) is 10.5 Å². The van der Waals surface area contributed by atoms with Crippen LogP contribution in [0.2, 0.25) is 0 Å². The minimum Gasteiger partial charge on any atom is -0.380 e. The number of aromatic nitrogens is 1. The minimum absolute atomic E-state index is 0.0706. The third-order valence-corrected chi connectivity index (χ3v) is 6.43. The number of benzene rings is 1. The molecule has 2 aliphatic heterocycles. The summed E-state index contributed by atoms with van der Waals surface area (Å²) < 4.78 is 34.8. The van der Waals surface area contributed by atoms with Gasteiger partial charge in [0.15, 0.2) is 11.6 Å². The second-order valence-corrected chi connectivity index (χ2v) is 8.31. The number of fused-ring (bicyclic) bond motifs is 2. The predicted octanol–water partition coefficient (Wildman–Crippen LogP) is 3.01. The number of pyridine rings is 1. The van der Waals surface area contributed by atoms with Crippen LogP contribution < -0.4 is 16.4 Å². The number of carbonyl (C=O) groups is 1. The highest BCUT2D eigenvalue weighted by molar-refractivity contribution is 7.22. The molecule has 5 rings (SSSR count). The van der Waals surface area contributed by atoms with Gasteiger partial charge < -0.3 is 21.1 Å². The lowest BCUT2D eigenvalue weighted by molar-refractivity contribution is 0.0751. The van der Waals surface area contributed by atoms with E-state index in [9.17, 15) is 9.18 Å². The SMILES string of the molecule is NC1COCCC1Nc1nc(-c2cc3ccc(F)cc3s2)c2c(c1F)CNC2=O. The number of hydrogen-bond donors (Lipinski definition) is 3. The van der Waals surface area contributed by atoms with Crippen LogP contribution in [0.4, 0.5) is 14.6 Å². The van der Waals surface area contributed by atoms with Gasteiger partial charge in [-0.1, -0.05) is 6.07 Å². The van der Waals surface area contributed by atoms with Gasteiger partial charge in [-0.25, -0.2) is 13.8 Å². The fourth-order valence-electron chi connectivity index (χ4n) is 3.79. The van der Waals surface area contributed by atoms with Gasteiger partial charge in [0.25, 0.3) is 5.91 Å². The molecule has 2 unspecified atom stereocenters. The summed E-state index contributed by atoms with van der Waals surface area (Å²) in [5, 5.41) is 6.62. The van der Waals surface area contributed by atoms with Crippen molar-refractivity contribution in [1.82, 2.24) is 10.3 Å². The van der Waals surface area contributed by atoms with E-state index in [1.54, 1.807) is 6.07 Å². The molecule has 1 amide bonds. The Balaban J connectivity index is 1.63. The van der Waals surface area contributed by atoms with Crippen molar-refractivity contribution in [3.8, 4) is 10.6 Å². The second kappa shape index (κ2) is 7.01. The number of ether oxygens (including phenoxy) is 1.